The van der Waals surface area contributed by atoms with Crippen LogP contribution in [0.3, 0.4) is 0 Å². The maximum Gasteiger partial charge on any atom is 0.152 e. The Morgan fingerprint density at radius 1 is 0.909 bits per heavy atom. The average molecular weight is 452 g/mol. The first-order valence-corrected chi connectivity index (χ1v) is 10.8. The van der Waals surface area contributed by atoms with Crippen molar-refractivity contribution in [2.24, 2.45) is 0 Å². The third-order valence-electron chi connectivity index (χ3n) is 5.66. The second-order valence-electron chi connectivity index (χ2n) is 7.80. The van der Waals surface area contributed by atoms with Crippen LogP contribution in [0.2, 0.25) is 5.15 Å². The summed E-state index contributed by atoms with van der Waals surface area (Å²) in [5, 5.41) is 10.7. The molecule has 6 rings (SSSR count). The second kappa shape index (κ2) is 7.72. The molecule has 0 atom stereocenters. The Kier molecular flexibility index (Phi) is 4.55. The average Bonchev–Trinajstić information content (AvgIpc) is 3.41. The summed E-state index contributed by atoms with van der Waals surface area (Å²) in [5.41, 5.74) is 12.8. The van der Waals surface area contributed by atoms with Crippen LogP contribution < -0.4 is 5.73 Å². The van der Waals surface area contributed by atoms with E-state index in [2.05, 4.69) is 51.6 Å². The summed E-state index contributed by atoms with van der Waals surface area (Å²) in [5.74, 6) is 0.404. The lowest BCUT2D eigenvalue weighted by Crippen LogP contribution is -2.00. The van der Waals surface area contributed by atoms with Gasteiger partial charge >= 0.3 is 0 Å². The summed E-state index contributed by atoms with van der Waals surface area (Å²) >= 11 is 6.14. The predicted molar refractivity (Wildman–Crippen MR) is 130 cm³/mol. The highest BCUT2D eigenvalue weighted by molar-refractivity contribution is 6.29. The van der Waals surface area contributed by atoms with Gasteiger partial charge in [-0.1, -0.05) is 54.1 Å². The van der Waals surface area contributed by atoms with E-state index in [9.17, 15) is 0 Å². The molecule has 0 aliphatic carbocycles. The Labute approximate surface area is 194 Å². The van der Waals surface area contributed by atoms with Gasteiger partial charge in [-0.05, 0) is 35.4 Å². The molecule has 160 valence electrons. The van der Waals surface area contributed by atoms with Crippen LogP contribution in [0, 0.1) is 0 Å². The summed E-state index contributed by atoms with van der Waals surface area (Å²) in [6.07, 6.45) is 5.19. The zero-order chi connectivity index (χ0) is 22.4. The minimum absolute atomic E-state index is 0.404. The number of nitrogen functional groups attached to an aromatic ring is 1. The Bertz CT molecular complexity index is 1620. The molecule has 0 radical (unpaired) electrons. The lowest BCUT2D eigenvalue weighted by atomic mass is 10.0. The molecule has 7 nitrogen and oxygen atoms in total. The van der Waals surface area contributed by atoms with Crippen molar-refractivity contribution in [3.63, 3.8) is 0 Å². The number of anilines is 1. The van der Waals surface area contributed by atoms with E-state index in [1.165, 1.54) is 11.9 Å². The summed E-state index contributed by atoms with van der Waals surface area (Å²) in [6, 6.07) is 22.3. The standard InChI is InChI=1S/C25H18ClN7/c26-23-11-18(8-9-28-23)22-12-20(24-25(27)29-15-30-33(22)24)17-6-7-19-14-32(31-21(19)10-17)13-16-4-2-1-3-5-16/h1-12,14-15H,13H2,(H2,27,29,30). The fraction of sp³-hybridized carbons (Fsp3) is 0.0400. The first-order chi connectivity index (χ1) is 16.2. The molecule has 0 fully saturated rings. The van der Waals surface area contributed by atoms with Crippen LogP contribution >= 0.6 is 11.6 Å². The Hall–Kier alpha value is -4.23. The van der Waals surface area contributed by atoms with Gasteiger partial charge in [0.25, 0.3) is 0 Å². The number of benzene rings is 2. The van der Waals surface area contributed by atoms with Crippen molar-refractivity contribution in [3.05, 3.63) is 96.2 Å². The Morgan fingerprint density at radius 2 is 1.79 bits per heavy atom. The fourth-order valence-corrected chi connectivity index (χ4v) is 4.32. The van der Waals surface area contributed by atoms with E-state index in [1.807, 2.05) is 35.0 Å². The van der Waals surface area contributed by atoms with E-state index in [0.717, 1.165) is 38.8 Å². The second-order valence-corrected chi connectivity index (χ2v) is 8.19. The normalized spacial score (nSPS) is 11.4. The molecule has 0 aliphatic heterocycles. The predicted octanol–water partition coefficient (Wildman–Crippen LogP) is 5.09. The molecule has 4 aromatic heterocycles. The van der Waals surface area contributed by atoms with E-state index < -0.39 is 0 Å². The number of aromatic nitrogens is 6. The highest BCUT2D eigenvalue weighted by Gasteiger charge is 2.17. The molecule has 0 amide bonds. The van der Waals surface area contributed by atoms with Crippen LogP contribution in [0.1, 0.15) is 5.56 Å². The Morgan fingerprint density at radius 3 is 2.64 bits per heavy atom. The van der Waals surface area contributed by atoms with Crippen LogP contribution in [-0.2, 0) is 6.54 Å². The molecule has 33 heavy (non-hydrogen) atoms. The summed E-state index contributed by atoms with van der Waals surface area (Å²) in [7, 11) is 0. The zero-order valence-electron chi connectivity index (χ0n) is 17.4. The molecule has 0 saturated carbocycles. The molecular weight excluding hydrogens is 434 g/mol. The zero-order valence-corrected chi connectivity index (χ0v) is 18.2. The van der Waals surface area contributed by atoms with Crippen LogP contribution in [0.15, 0.2) is 85.5 Å². The van der Waals surface area contributed by atoms with E-state index in [1.54, 1.807) is 16.8 Å². The molecule has 2 aromatic carbocycles. The van der Waals surface area contributed by atoms with Gasteiger partial charge in [0.05, 0.1) is 17.8 Å². The third-order valence-corrected chi connectivity index (χ3v) is 5.86. The van der Waals surface area contributed by atoms with Crippen molar-refractivity contribution in [1.82, 2.24) is 29.4 Å². The van der Waals surface area contributed by atoms with Crippen molar-refractivity contribution in [1.29, 1.82) is 0 Å². The monoisotopic (exact) mass is 451 g/mol. The summed E-state index contributed by atoms with van der Waals surface area (Å²) in [4.78, 5) is 8.30. The number of nitrogens with two attached hydrogens (primary N) is 1. The third kappa shape index (κ3) is 3.48. The van der Waals surface area contributed by atoms with Gasteiger partial charge in [-0.15, -0.1) is 0 Å². The maximum atomic E-state index is 6.29. The lowest BCUT2D eigenvalue weighted by Gasteiger charge is -2.04. The van der Waals surface area contributed by atoms with Gasteiger partial charge in [-0.25, -0.2) is 14.5 Å². The van der Waals surface area contributed by atoms with E-state index in [4.69, 9.17) is 22.4 Å². The topological polar surface area (TPSA) is 86.9 Å². The van der Waals surface area contributed by atoms with Gasteiger partial charge in [0.1, 0.15) is 17.0 Å². The van der Waals surface area contributed by atoms with Crippen molar-refractivity contribution >= 4 is 33.8 Å². The summed E-state index contributed by atoms with van der Waals surface area (Å²) < 4.78 is 3.75. The number of halogens is 1. The van der Waals surface area contributed by atoms with E-state index in [0.29, 0.717) is 17.5 Å². The van der Waals surface area contributed by atoms with Crippen LogP contribution in [0.4, 0.5) is 5.82 Å². The van der Waals surface area contributed by atoms with Gasteiger partial charge in [0.15, 0.2) is 5.82 Å². The maximum absolute atomic E-state index is 6.29. The number of rotatable bonds is 4. The molecule has 2 N–H and O–H groups in total. The molecule has 0 spiro atoms. The highest BCUT2D eigenvalue weighted by atomic mass is 35.5. The van der Waals surface area contributed by atoms with Crippen molar-refractivity contribution in [2.45, 2.75) is 6.54 Å². The molecule has 0 saturated heterocycles. The van der Waals surface area contributed by atoms with Gasteiger partial charge in [0, 0.05) is 28.9 Å². The first kappa shape index (κ1) is 19.5. The molecule has 0 aliphatic rings. The van der Waals surface area contributed by atoms with Gasteiger partial charge in [0.2, 0.25) is 0 Å². The van der Waals surface area contributed by atoms with Crippen molar-refractivity contribution in [3.8, 4) is 22.4 Å². The smallest absolute Gasteiger partial charge is 0.152 e. The molecule has 4 heterocycles. The molecule has 8 heteroatoms. The number of hydrogen-bond acceptors (Lipinski definition) is 5. The van der Waals surface area contributed by atoms with Gasteiger partial charge in [-0.3, -0.25) is 4.68 Å². The number of nitrogens with zero attached hydrogens (tertiary/aromatic N) is 6. The number of pyridine rings is 1. The van der Waals surface area contributed by atoms with Crippen LogP contribution in [0.5, 0.6) is 0 Å². The number of fused-ring (bicyclic) bond motifs is 2. The fourth-order valence-electron chi connectivity index (χ4n) is 4.14. The van der Waals surface area contributed by atoms with Crippen molar-refractivity contribution < 1.29 is 0 Å². The van der Waals surface area contributed by atoms with E-state index >= 15 is 0 Å². The quantitative estimate of drug-likeness (QED) is 0.377. The largest absolute Gasteiger partial charge is 0.382 e. The minimum Gasteiger partial charge on any atom is -0.382 e. The van der Waals surface area contributed by atoms with Gasteiger partial charge < -0.3 is 5.73 Å². The number of hydrogen-bond donors (Lipinski definition) is 1. The SMILES string of the molecule is Nc1ncnn2c(-c3ccnc(Cl)c3)cc(-c3ccc4cn(Cc5ccccc5)nc4c3)c12. The molecular formula is C25H18ClN7. The molecule has 6 aromatic rings. The lowest BCUT2D eigenvalue weighted by molar-refractivity contribution is 0.696. The molecule has 0 unspecified atom stereocenters. The van der Waals surface area contributed by atoms with Crippen LogP contribution in [0.25, 0.3) is 38.8 Å². The Balaban J connectivity index is 1.48. The van der Waals surface area contributed by atoms with E-state index in [-0.39, 0.29) is 0 Å². The summed E-state index contributed by atoms with van der Waals surface area (Å²) in [6.45, 7) is 0.716. The van der Waals surface area contributed by atoms with Gasteiger partial charge in [-0.2, -0.15) is 10.2 Å². The minimum atomic E-state index is 0.404. The molecule has 0 bridgehead atoms. The van der Waals surface area contributed by atoms with Crippen molar-refractivity contribution in [2.75, 3.05) is 5.73 Å². The first-order valence-electron chi connectivity index (χ1n) is 10.4. The highest BCUT2D eigenvalue weighted by Crippen LogP contribution is 2.36. The van der Waals surface area contributed by atoms with Crippen LogP contribution in [-0.4, -0.2) is 29.4 Å².